The SMILES string of the molecule is Cc1[nH]c(=O)c(C#N)cc1-c1csc(-c2ccc(Cl)cc2)n1. The number of nitrogens with zero attached hydrogens (tertiary/aromatic N) is 2. The molecule has 0 radical (unpaired) electrons. The molecule has 0 amide bonds. The van der Waals surface area contributed by atoms with Crippen molar-refractivity contribution in [3.8, 4) is 27.9 Å². The van der Waals surface area contributed by atoms with Gasteiger partial charge in [-0.2, -0.15) is 5.26 Å². The fraction of sp³-hybridized carbons (Fsp3) is 0.0625. The van der Waals surface area contributed by atoms with E-state index in [0.717, 1.165) is 21.8 Å². The molecule has 0 spiro atoms. The van der Waals surface area contributed by atoms with Crippen molar-refractivity contribution < 1.29 is 0 Å². The maximum Gasteiger partial charge on any atom is 0.266 e. The van der Waals surface area contributed by atoms with E-state index in [2.05, 4.69) is 9.97 Å². The van der Waals surface area contributed by atoms with Gasteiger partial charge in [0.1, 0.15) is 16.6 Å². The van der Waals surface area contributed by atoms with Gasteiger partial charge >= 0.3 is 0 Å². The third kappa shape index (κ3) is 2.67. The number of hydrogen-bond acceptors (Lipinski definition) is 4. The van der Waals surface area contributed by atoms with Crippen LogP contribution in [0.3, 0.4) is 0 Å². The topological polar surface area (TPSA) is 69.5 Å². The van der Waals surface area contributed by atoms with E-state index >= 15 is 0 Å². The third-order valence-corrected chi connectivity index (χ3v) is 4.37. The van der Waals surface area contributed by atoms with Gasteiger partial charge in [0.05, 0.1) is 5.69 Å². The van der Waals surface area contributed by atoms with Crippen molar-refractivity contribution in [2.45, 2.75) is 6.92 Å². The molecular weight excluding hydrogens is 318 g/mol. The number of nitriles is 1. The minimum absolute atomic E-state index is 0.0849. The van der Waals surface area contributed by atoms with E-state index in [1.54, 1.807) is 13.0 Å². The first-order chi connectivity index (χ1) is 10.6. The lowest BCUT2D eigenvalue weighted by Gasteiger charge is -2.02. The van der Waals surface area contributed by atoms with Crippen LogP contribution < -0.4 is 5.56 Å². The van der Waals surface area contributed by atoms with Crippen LogP contribution in [0.15, 0.2) is 40.5 Å². The van der Waals surface area contributed by atoms with Crippen molar-refractivity contribution in [1.82, 2.24) is 9.97 Å². The van der Waals surface area contributed by atoms with Gasteiger partial charge in [-0.15, -0.1) is 11.3 Å². The molecule has 1 aromatic carbocycles. The molecule has 1 N–H and O–H groups in total. The molecular formula is C16H10ClN3OS. The summed E-state index contributed by atoms with van der Waals surface area (Å²) in [4.78, 5) is 18.9. The molecule has 0 atom stereocenters. The molecule has 0 aliphatic rings. The Bertz CT molecular complexity index is 935. The zero-order valence-electron chi connectivity index (χ0n) is 11.6. The second kappa shape index (κ2) is 5.76. The summed E-state index contributed by atoms with van der Waals surface area (Å²) >= 11 is 7.39. The van der Waals surface area contributed by atoms with Crippen molar-refractivity contribution in [2.24, 2.45) is 0 Å². The van der Waals surface area contributed by atoms with Crippen LogP contribution in [-0.2, 0) is 0 Å². The molecule has 2 aromatic heterocycles. The minimum Gasteiger partial charge on any atom is -0.325 e. The standard InChI is InChI=1S/C16H10ClN3OS/c1-9-13(6-11(7-18)15(21)19-9)14-8-22-16(20-14)10-2-4-12(17)5-3-10/h2-6,8H,1H3,(H,19,21). The molecule has 2 heterocycles. The van der Waals surface area contributed by atoms with Gasteiger partial charge in [-0.25, -0.2) is 4.98 Å². The van der Waals surface area contributed by atoms with Crippen molar-refractivity contribution in [3.05, 3.63) is 62.3 Å². The highest BCUT2D eigenvalue weighted by Gasteiger charge is 2.12. The highest BCUT2D eigenvalue weighted by molar-refractivity contribution is 7.13. The highest BCUT2D eigenvalue weighted by atomic mass is 35.5. The van der Waals surface area contributed by atoms with Gasteiger partial charge in [-0.1, -0.05) is 23.7 Å². The molecule has 0 unspecified atom stereocenters. The van der Waals surface area contributed by atoms with Crippen LogP contribution in [0.4, 0.5) is 0 Å². The molecule has 3 rings (SSSR count). The summed E-state index contributed by atoms with van der Waals surface area (Å²) in [5.74, 6) is 0. The predicted molar refractivity (Wildman–Crippen MR) is 88.1 cm³/mol. The summed E-state index contributed by atoms with van der Waals surface area (Å²) in [5, 5.41) is 12.4. The number of hydrogen-bond donors (Lipinski definition) is 1. The molecule has 0 aliphatic heterocycles. The number of pyridine rings is 1. The predicted octanol–water partition coefficient (Wildman–Crippen LogP) is 4.00. The van der Waals surface area contributed by atoms with E-state index in [1.807, 2.05) is 35.7 Å². The molecule has 0 fully saturated rings. The Hall–Kier alpha value is -2.42. The van der Waals surface area contributed by atoms with Gasteiger partial charge in [0.2, 0.25) is 0 Å². The summed E-state index contributed by atoms with van der Waals surface area (Å²) < 4.78 is 0. The lowest BCUT2D eigenvalue weighted by Crippen LogP contribution is -2.11. The lowest BCUT2D eigenvalue weighted by molar-refractivity contribution is 1.13. The number of nitrogens with one attached hydrogen (secondary N) is 1. The van der Waals surface area contributed by atoms with E-state index in [0.29, 0.717) is 10.7 Å². The van der Waals surface area contributed by atoms with E-state index < -0.39 is 0 Å². The van der Waals surface area contributed by atoms with Gasteiger partial charge in [-0.3, -0.25) is 4.79 Å². The van der Waals surface area contributed by atoms with E-state index in [-0.39, 0.29) is 11.1 Å². The Morgan fingerprint density at radius 3 is 2.73 bits per heavy atom. The Kier molecular flexibility index (Phi) is 3.80. The van der Waals surface area contributed by atoms with Crippen LogP contribution in [0, 0.1) is 18.3 Å². The number of aromatic amines is 1. The number of aromatic nitrogens is 2. The number of thiazole rings is 1. The second-order valence-electron chi connectivity index (χ2n) is 4.71. The zero-order chi connectivity index (χ0) is 15.7. The molecule has 108 valence electrons. The summed E-state index contributed by atoms with van der Waals surface area (Å²) in [6, 6.07) is 10.9. The third-order valence-electron chi connectivity index (χ3n) is 3.23. The average molecular weight is 328 g/mol. The van der Waals surface area contributed by atoms with E-state index in [9.17, 15) is 4.79 Å². The van der Waals surface area contributed by atoms with Gasteiger partial charge in [0, 0.05) is 27.2 Å². The maximum absolute atomic E-state index is 11.6. The minimum atomic E-state index is -0.378. The number of H-pyrrole nitrogens is 1. The van der Waals surface area contributed by atoms with E-state index in [4.69, 9.17) is 16.9 Å². The quantitative estimate of drug-likeness (QED) is 0.773. The summed E-state index contributed by atoms with van der Waals surface area (Å²) in [6.45, 7) is 1.79. The first kappa shape index (κ1) is 14.5. The Morgan fingerprint density at radius 2 is 2.05 bits per heavy atom. The van der Waals surface area contributed by atoms with Gasteiger partial charge in [-0.05, 0) is 25.1 Å². The smallest absolute Gasteiger partial charge is 0.266 e. The molecule has 0 saturated heterocycles. The zero-order valence-corrected chi connectivity index (χ0v) is 13.1. The fourth-order valence-electron chi connectivity index (χ4n) is 2.09. The van der Waals surface area contributed by atoms with Crippen LogP contribution in [0.25, 0.3) is 21.8 Å². The van der Waals surface area contributed by atoms with Crippen LogP contribution >= 0.6 is 22.9 Å². The molecule has 4 nitrogen and oxygen atoms in total. The number of rotatable bonds is 2. The maximum atomic E-state index is 11.6. The first-order valence-corrected chi connectivity index (χ1v) is 7.70. The first-order valence-electron chi connectivity index (χ1n) is 6.44. The van der Waals surface area contributed by atoms with Crippen LogP contribution in [-0.4, -0.2) is 9.97 Å². The van der Waals surface area contributed by atoms with Crippen molar-refractivity contribution >= 4 is 22.9 Å². The Labute approximate surface area is 135 Å². The number of aryl methyl sites for hydroxylation is 1. The summed E-state index contributed by atoms with van der Waals surface area (Å²) in [5.41, 5.74) is 2.87. The number of benzene rings is 1. The summed E-state index contributed by atoms with van der Waals surface area (Å²) in [7, 11) is 0. The highest BCUT2D eigenvalue weighted by Crippen LogP contribution is 2.30. The van der Waals surface area contributed by atoms with Gasteiger partial charge in [0.25, 0.3) is 5.56 Å². The van der Waals surface area contributed by atoms with Gasteiger partial charge in [0.15, 0.2) is 0 Å². The molecule has 6 heteroatoms. The van der Waals surface area contributed by atoms with E-state index in [1.165, 1.54) is 11.3 Å². The molecule has 3 aromatic rings. The largest absolute Gasteiger partial charge is 0.325 e. The van der Waals surface area contributed by atoms with Crippen molar-refractivity contribution in [3.63, 3.8) is 0 Å². The second-order valence-corrected chi connectivity index (χ2v) is 6.00. The monoisotopic (exact) mass is 327 g/mol. The molecule has 22 heavy (non-hydrogen) atoms. The van der Waals surface area contributed by atoms with Crippen LogP contribution in [0.1, 0.15) is 11.3 Å². The number of halogens is 1. The molecule has 0 bridgehead atoms. The summed E-state index contributed by atoms with van der Waals surface area (Å²) in [6.07, 6.45) is 0. The van der Waals surface area contributed by atoms with Crippen LogP contribution in [0.5, 0.6) is 0 Å². The molecule has 0 aliphatic carbocycles. The Balaban J connectivity index is 2.06. The normalized spacial score (nSPS) is 10.4. The average Bonchev–Trinajstić information content (AvgIpc) is 2.98. The van der Waals surface area contributed by atoms with Crippen LogP contribution in [0.2, 0.25) is 5.02 Å². The van der Waals surface area contributed by atoms with Crippen molar-refractivity contribution in [2.75, 3.05) is 0 Å². The van der Waals surface area contributed by atoms with Gasteiger partial charge < -0.3 is 4.98 Å². The lowest BCUT2D eigenvalue weighted by atomic mass is 10.1. The van der Waals surface area contributed by atoms with Crippen molar-refractivity contribution in [1.29, 1.82) is 5.26 Å². The fourth-order valence-corrected chi connectivity index (χ4v) is 3.05. The molecule has 0 saturated carbocycles. The Morgan fingerprint density at radius 1 is 1.32 bits per heavy atom.